The first kappa shape index (κ1) is 22.4. The minimum Gasteiger partial charge on any atom is -0.457 e. The molecule has 7 heteroatoms. The molecule has 0 saturated carbocycles. The lowest BCUT2D eigenvalue weighted by Gasteiger charge is -2.28. The van der Waals surface area contributed by atoms with Gasteiger partial charge in [0.25, 0.3) is 0 Å². The summed E-state index contributed by atoms with van der Waals surface area (Å²) in [6, 6.07) is 20.6. The predicted octanol–water partition coefficient (Wildman–Crippen LogP) is 4.89. The molecule has 31 heavy (non-hydrogen) atoms. The van der Waals surface area contributed by atoms with Gasteiger partial charge in [-0.1, -0.05) is 24.3 Å². The first-order valence-electron chi connectivity index (χ1n) is 9.85. The second kappa shape index (κ2) is 9.22. The Morgan fingerprint density at radius 3 is 2.00 bits per heavy atom. The van der Waals surface area contributed by atoms with E-state index >= 15 is 0 Å². The van der Waals surface area contributed by atoms with Gasteiger partial charge in [-0.15, -0.1) is 0 Å². The third-order valence-electron chi connectivity index (χ3n) is 4.65. The average molecular weight is 439 g/mol. The number of benzene rings is 3. The van der Waals surface area contributed by atoms with Crippen molar-refractivity contribution in [1.29, 1.82) is 0 Å². The summed E-state index contributed by atoms with van der Waals surface area (Å²) >= 11 is 0. The molecule has 1 unspecified atom stereocenters. The van der Waals surface area contributed by atoms with Crippen LogP contribution in [0.3, 0.4) is 0 Å². The van der Waals surface area contributed by atoms with Gasteiger partial charge in [-0.05, 0) is 80.4 Å². The summed E-state index contributed by atoms with van der Waals surface area (Å²) in [5, 5.41) is 2.82. The number of hydrogen-bond donors (Lipinski definition) is 1. The van der Waals surface area contributed by atoms with Gasteiger partial charge in [0, 0.05) is 5.69 Å². The Hall–Kier alpha value is -3.32. The number of nitrogens with one attached hydrogen (secondary N) is 1. The molecule has 0 bridgehead atoms. The molecule has 0 aliphatic heterocycles. The molecule has 0 fully saturated rings. The SMILES string of the molecule is Cc1cc(C)cc(NC(=O)C(C)N(c2ccc(Oc3ccccc3)cc2)S(C)(=O)=O)c1. The van der Waals surface area contributed by atoms with Crippen LogP contribution in [-0.2, 0) is 14.8 Å². The fraction of sp³-hybridized carbons (Fsp3) is 0.208. The quantitative estimate of drug-likeness (QED) is 0.570. The molecule has 0 saturated heterocycles. The number of ether oxygens (including phenoxy) is 1. The normalized spacial score (nSPS) is 12.1. The third kappa shape index (κ3) is 5.86. The molecule has 0 heterocycles. The van der Waals surface area contributed by atoms with Crippen LogP contribution in [0.25, 0.3) is 0 Å². The van der Waals surface area contributed by atoms with Gasteiger partial charge in [-0.3, -0.25) is 9.10 Å². The number of rotatable bonds is 7. The highest BCUT2D eigenvalue weighted by Crippen LogP contribution is 2.27. The van der Waals surface area contributed by atoms with E-state index in [4.69, 9.17) is 4.74 Å². The molecular formula is C24H26N2O4S. The molecule has 1 N–H and O–H groups in total. The highest BCUT2D eigenvalue weighted by Gasteiger charge is 2.29. The Balaban J connectivity index is 1.81. The Labute approximate surface area is 183 Å². The molecule has 0 spiro atoms. The number of hydrogen-bond acceptors (Lipinski definition) is 4. The van der Waals surface area contributed by atoms with Crippen molar-refractivity contribution in [3.05, 3.63) is 83.9 Å². The number of anilines is 2. The van der Waals surface area contributed by atoms with Crippen LogP contribution in [0, 0.1) is 13.8 Å². The lowest BCUT2D eigenvalue weighted by molar-refractivity contribution is -0.116. The maximum atomic E-state index is 12.9. The van der Waals surface area contributed by atoms with E-state index in [0.29, 0.717) is 22.9 Å². The summed E-state index contributed by atoms with van der Waals surface area (Å²) in [7, 11) is -3.71. The Morgan fingerprint density at radius 1 is 0.903 bits per heavy atom. The smallest absolute Gasteiger partial charge is 0.247 e. The molecule has 162 valence electrons. The lowest BCUT2D eigenvalue weighted by Crippen LogP contribution is -2.45. The van der Waals surface area contributed by atoms with Crippen molar-refractivity contribution in [3.63, 3.8) is 0 Å². The van der Waals surface area contributed by atoms with Crippen molar-refractivity contribution in [1.82, 2.24) is 0 Å². The van der Waals surface area contributed by atoms with Crippen LogP contribution in [0.15, 0.2) is 72.8 Å². The molecule has 0 radical (unpaired) electrons. The standard InChI is InChI=1S/C24H26N2O4S/c1-17-14-18(2)16-20(15-17)25-24(27)19(3)26(31(4,28)29)21-10-12-23(13-11-21)30-22-8-6-5-7-9-22/h5-16,19H,1-4H3,(H,25,27). The first-order chi connectivity index (χ1) is 14.6. The topological polar surface area (TPSA) is 75.7 Å². The zero-order valence-corrected chi connectivity index (χ0v) is 18.8. The van der Waals surface area contributed by atoms with Gasteiger partial charge in [-0.2, -0.15) is 0 Å². The van der Waals surface area contributed by atoms with Crippen molar-refractivity contribution in [2.45, 2.75) is 26.8 Å². The van der Waals surface area contributed by atoms with Gasteiger partial charge in [0.1, 0.15) is 17.5 Å². The van der Waals surface area contributed by atoms with Crippen LogP contribution in [0.1, 0.15) is 18.1 Å². The van der Waals surface area contributed by atoms with E-state index in [9.17, 15) is 13.2 Å². The van der Waals surface area contributed by atoms with E-state index in [2.05, 4.69) is 5.32 Å². The molecule has 0 aromatic heterocycles. The first-order valence-corrected chi connectivity index (χ1v) is 11.7. The summed E-state index contributed by atoms with van der Waals surface area (Å²) in [6.07, 6.45) is 1.09. The number of carbonyl (C=O) groups excluding carboxylic acids is 1. The van der Waals surface area contributed by atoms with Crippen molar-refractivity contribution in [2.24, 2.45) is 0 Å². The maximum Gasteiger partial charge on any atom is 0.247 e. The van der Waals surface area contributed by atoms with Crippen LogP contribution < -0.4 is 14.4 Å². The number of nitrogens with zero attached hydrogens (tertiary/aromatic N) is 1. The van der Waals surface area contributed by atoms with Crippen molar-refractivity contribution < 1.29 is 17.9 Å². The van der Waals surface area contributed by atoms with Crippen LogP contribution in [0.5, 0.6) is 11.5 Å². The molecular weight excluding hydrogens is 412 g/mol. The summed E-state index contributed by atoms with van der Waals surface area (Å²) in [5.41, 5.74) is 3.04. The van der Waals surface area contributed by atoms with Gasteiger partial charge < -0.3 is 10.1 Å². The summed E-state index contributed by atoms with van der Waals surface area (Å²) in [4.78, 5) is 12.9. The number of sulfonamides is 1. The second-order valence-electron chi connectivity index (χ2n) is 7.51. The van der Waals surface area contributed by atoms with Crippen LogP contribution >= 0.6 is 0 Å². The Morgan fingerprint density at radius 2 is 1.45 bits per heavy atom. The molecule has 1 amide bonds. The van der Waals surface area contributed by atoms with Gasteiger partial charge in [0.2, 0.25) is 15.9 Å². The number of amides is 1. The van der Waals surface area contributed by atoms with E-state index in [1.807, 2.05) is 62.4 Å². The molecule has 0 aliphatic carbocycles. The van der Waals surface area contributed by atoms with Crippen molar-refractivity contribution >= 4 is 27.3 Å². The van der Waals surface area contributed by atoms with Gasteiger partial charge in [0.15, 0.2) is 0 Å². The van der Waals surface area contributed by atoms with Crippen LogP contribution in [-0.4, -0.2) is 26.6 Å². The number of carbonyl (C=O) groups is 1. The summed E-state index contributed by atoms with van der Waals surface area (Å²) < 4.78 is 31.9. The molecule has 3 aromatic carbocycles. The molecule has 6 nitrogen and oxygen atoms in total. The highest BCUT2D eigenvalue weighted by molar-refractivity contribution is 7.92. The van der Waals surface area contributed by atoms with Gasteiger partial charge in [0.05, 0.1) is 11.9 Å². The molecule has 3 rings (SSSR count). The fourth-order valence-corrected chi connectivity index (χ4v) is 4.56. The lowest BCUT2D eigenvalue weighted by atomic mass is 10.1. The minimum atomic E-state index is -3.71. The molecule has 1 atom stereocenters. The van der Waals surface area contributed by atoms with E-state index in [-0.39, 0.29) is 0 Å². The average Bonchev–Trinajstić information content (AvgIpc) is 2.68. The van der Waals surface area contributed by atoms with E-state index < -0.39 is 22.0 Å². The fourth-order valence-electron chi connectivity index (χ4n) is 3.39. The largest absolute Gasteiger partial charge is 0.457 e. The van der Waals surface area contributed by atoms with Crippen LogP contribution in [0.2, 0.25) is 0 Å². The zero-order valence-electron chi connectivity index (χ0n) is 18.0. The van der Waals surface area contributed by atoms with E-state index in [1.54, 1.807) is 31.2 Å². The minimum absolute atomic E-state index is 0.381. The van der Waals surface area contributed by atoms with E-state index in [0.717, 1.165) is 21.7 Å². The number of aryl methyl sites for hydroxylation is 2. The van der Waals surface area contributed by atoms with Crippen molar-refractivity contribution in [2.75, 3.05) is 15.9 Å². The van der Waals surface area contributed by atoms with Crippen molar-refractivity contribution in [3.8, 4) is 11.5 Å². The summed E-state index contributed by atoms with van der Waals surface area (Å²) in [6.45, 7) is 5.44. The Kier molecular flexibility index (Phi) is 6.65. The monoisotopic (exact) mass is 438 g/mol. The zero-order chi connectivity index (χ0) is 22.6. The van der Waals surface area contributed by atoms with Gasteiger partial charge in [-0.25, -0.2) is 8.42 Å². The highest BCUT2D eigenvalue weighted by atomic mass is 32.2. The second-order valence-corrected chi connectivity index (χ2v) is 9.37. The number of para-hydroxylation sites is 1. The van der Waals surface area contributed by atoms with Gasteiger partial charge >= 0.3 is 0 Å². The maximum absolute atomic E-state index is 12.9. The third-order valence-corrected chi connectivity index (χ3v) is 5.89. The Bertz CT molecular complexity index is 1140. The van der Waals surface area contributed by atoms with Crippen LogP contribution in [0.4, 0.5) is 11.4 Å². The van der Waals surface area contributed by atoms with E-state index in [1.165, 1.54) is 0 Å². The molecule has 3 aromatic rings. The molecule has 0 aliphatic rings. The summed E-state index contributed by atoms with van der Waals surface area (Å²) in [5.74, 6) is 0.826. The predicted molar refractivity (Wildman–Crippen MR) is 124 cm³/mol.